The molecule has 2 atom stereocenters. The summed E-state index contributed by atoms with van der Waals surface area (Å²) in [5, 5.41) is 2.33. The van der Waals surface area contributed by atoms with Crippen molar-refractivity contribution >= 4 is 23.9 Å². The fraction of sp³-hybridized carbons (Fsp3) is 0.750. The molecule has 1 N–H and O–H groups in total. The summed E-state index contributed by atoms with van der Waals surface area (Å²) in [6, 6.07) is -1.17. The number of urea groups is 1. The summed E-state index contributed by atoms with van der Waals surface area (Å²) < 4.78 is 5.06. The van der Waals surface area contributed by atoms with E-state index in [9.17, 15) is 14.4 Å². The molecule has 3 amide bonds. The lowest BCUT2D eigenvalue weighted by atomic mass is 10.1. The fourth-order valence-corrected chi connectivity index (χ4v) is 3.56. The minimum Gasteiger partial charge on any atom is -0.465 e. The van der Waals surface area contributed by atoms with Gasteiger partial charge in [0.2, 0.25) is 0 Å². The van der Waals surface area contributed by atoms with Crippen LogP contribution in [0, 0.1) is 0 Å². The van der Waals surface area contributed by atoms with Gasteiger partial charge in [-0.2, -0.15) is 0 Å². The second-order valence-corrected chi connectivity index (χ2v) is 6.53. The van der Waals surface area contributed by atoms with Gasteiger partial charge in [-0.3, -0.25) is 14.9 Å². The Morgan fingerprint density at radius 3 is 2.56 bits per heavy atom. The van der Waals surface area contributed by atoms with Crippen molar-refractivity contribution in [2.24, 2.45) is 4.99 Å². The minimum atomic E-state index is -0.703. The number of ether oxygens (including phenoxy) is 1. The number of guanidine groups is 1. The van der Waals surface area contributed by atoms with Crippen LogP contribution in [0.3, 0.4) is 0 Å². The average Bonchev–Trinajstić information content (AvgIpc) is 2.76. The third-order valence-corrected chi connectivity index (χ3v) is 4.83. The first-order valence-electron chi connectivity index (χ1n) is 8.85. The Balaban J connectivity index is 1.89. The number of fused-ring (bicyclic) bond motifs is 1. The van der Waals surface area contributed by atoms with E-state index in [4.69, 9.17) is 4.74 Å². The quantitative estimate of drug-likeness (QED) is 0.718. The number of nitrogens with one attached hydrogen (secondary N) is 1. The molecular weight excluding hydrogens is 326 g/mol. The first kappa shape index (κ1) is 17.5. The summed E-state index contributed by atoms with van der Waals surface area (Å²) in [5.41, 5.74) is 0. The number of nitrogens with zero attached hydrogens (tertiary/aromatic N) is 4. The smallest absolute Gasteiger partial charge is 0.325 e. The van der Waals surface area contributed by atoms with Gasteiger partial charge < -0.3 is 19.4 Å². The molecule has 0 saturated carbocycles. The summed E-state index contributed by atoms with van der Waals surface area (Å²) in [6.07, 6.45) is 3.79. The van der Waals surface area contributed by atoms with Crippen LogP contribution in [0.5, 0.6) is 0 Å². The van der Waals surface area contributed by atoms with E-state index in [1.807, 2.05) is 0 Å². The van der Waals surface area contributed by atoms with Crippen LogP contribution in [-0.4, -0.2) is 84.1 Å². The summed E-state index contributed by atoms with van der Waals surface area (Å²) >= 11 is 0. The molecule has 2 fully saturated rings. The Bertz CT molecular complexity index is 585. The van der Waals surface area contributed by atoms with Gasteiger partial charge in [-0.25, -0.2) is 9.79 Å². The zero-order valence-electron chi connectivity index (χ0n) is 14.7. The molecule has 3 aliphatic heterocycles. The Morgan fingerprint density at radius 2 is 1.92 bits per heavy atom. The highest BCUT2D eigenvalue weighted by atomic mass is 16.5. The molecule has 0 spiro atoms. The molecule has 3 heterocycles. The van der Waals surface area contributed by atoms with Gasteiger partial charge in [0.05, 0.1) is 6.61 Å². The molecule has 9 heteroatoms. The maximum Gasteiger partial charge on any atom is 0.325 e. The number of carbonyl (C=O) groups excluding carboxylic acids is 3. The number of likely N-dealkylation sites (N-methyl/N-ethyl adjacent to an activating group) is 1. The third-order valence-electron chi connectivity index (χ3n) is 4.83. The molecule has 0 aromatic carbocycles. The van der Waals surface area contributed by atoms with E-state index in [1.165, 1.54) is 4.90 Å². The van der Waals surface area contributed by atoms with Gasteiger partial charge in [0.25, 0.3) is 5.91 Å². The molecule has 0 aromatic rings. The van der Waals surface area contributed by atoms with Crippen LogP contribution in [0.15, 0.2) is 4.99 Å². The van der Waals surface area contributed by atoms with Gasteiger partial charge >= 0.3 is 12.0 Å². The second-order valence-electron chi connectivity index (χ2n) is 6.53. The SMILES string of the molecule is CCOC(=O)CN1C(N2CCCCCC2)=NC2C1C(=O)NC(=O)N2C. The molecule has 138 valence electrons. The predicted octanol–water partition coefficient (Wildman–Crippen LogP) is -0.0266. The zero-order valence-corrected chi connectivity index (χ0v) is 14.7. The molecular formula is C16H25N5O4. The maximum atomic E-state index is 12.4. The molecule has 3 rings (SSSR count). The Hall–Kier alpha value is -2.32. The van der Waals surface area contributed by atoms with Gasteiger partial charge in [0.15, 0.2) is 18.2 Å². The molecule has 0 bridgehead atoms. The number of hydrogen-bond donors (Lipinski definition) is 1. The highest BCUT2D eigenvalue weighted by Gasteiger charge is 2.50. The molecule has 0 radical (unpaired) electrons. The van der Waals surface area contributed by atoms with Crippen LogP contribution in [0.25, 0.3) is 0 Å². The van der Waals surface area contributed by atoms with Crippen molar-refractivity contribution in [3.63, 3.8) is 0 Å². The second kappa shape index (κ2) is 7.28. The largest absolute Gasteiger partial charge is 0.465 e. The van der Waals surface area contributed by atoms with E-state index in [-0.39, 0.29) is 13.2 Å². The number of rotatable bonds is 3. The molecule has 2 unspecified atom stereocenters. The van der Waals surface area contributed by atoms with E-state index < -0.39 is 30.1 Å². The first-order chi connectivity index (χ1) is 12.0. The molecule has 0 aliphatic carbocycles. The van der Waals surface area contributed by atoms with Crippen molar-refractivity contribution in [1.29, 1.82) is 0 Å². The number of esters is 1. The highest BCUT2D eigenvalue weighted by Crippen LogP contribution is 2.26. The van der Waals surface area contributed by atoms with Gasteiger partial charge in [-0.15, -0.1) is 0 Å². The van der Waals surface area contributed by atoms with Crippen LogP contribution in [0.2, 0.25) is 0 Å². The van der Waals surface area contributed by atoms with E-state index in [0.717, 1.165) is 38.8 Å². The molecule has 0 aromatic heterocycles. The number of carbonyl (C=O) groups is 3. The van der Waals surface area contributed by atoms with Crippen LogP contribution in [-0.2, 0) is 14.3 Å². The van der Waals surface area contributed by atoms with E-state index in [1.54, 1.807) is 18.9 Å². The Morgan fingerprint density at radius 1 is 1.24 bits per heavy atom. The van der Waals surface area contributed by atoms with Crippen molar-refractivity contribution in [3.8, 4) is 0 Å². The molecule has 3 aliphatic rings. The molecule has 25 heavy (non-hydrogen) atoms. The Kier molecular flexibility index (Phi) is 5.10. The predicted molar refractivity (Wildman–Crippen MR) is 89.7 cm³/mol. The third kappa shape index (κ3) is 3.40. The van der Waals surface area contributed by atoms with Crippen LogP contribution >= 0.6 is 0 Å². The maximum absolute atomic E-state index is 12.4. The number of amides is 3. The van der Waals surface area contributed by atoms with Gasteiger partial charge in [-0.05, 0) is 19.8 Å². The van der Waals surface area contributed by atoms with Gasteiger partial charge in [0, 0.05) is 20.1 Å². The van der Waals surface area contributed by atoms with Crippen molar-refractivity contribution in [1.82, 2.24) is 20.0 Å². The lowest BCUT2D eigenvalue weighted by Gasteiger charge is -2.37. The lowest BCUT2D eigenvalue weighted by molar-refractivity contribution is -0.144. The minimum absolute atomic E-state index is 0.0558. The fourth-order valence-electron chi connectivity index (χ4n) is 3.56. The van der Waals surface area contributed by atoms with Crippen LogP contribution in [0.4, 0.5) is 4.79 Å². The highest BCUT2D eigenvalue weighted by molar-refractivity contribution is 6.04. The monoisotopic (exact) mass is 351 g/mol. The van der Waals surface area contributed by atoms with Gasteiger partial charge in [-0.1, -0.05) is 12.8 Å². The van der Waals surface area contributed by atoms with E-state index >= 15 is 0 Å². The van der Waals surface area contributed by atoms with Crippen molar-refractivity contribution in [2.75, 3.05) is 33.3 Å². The van der Waals surface area contributed by atoms with Crippen LogP contribution < -0.4 is 5.32 Å². The number of aliphatic imine (C=N–C) groups is 1. The van der Waals surface area contributed by atoms with Gasteiger partial charge in [0.1, 0.15) is 6.54 Å². The Labute approximate surface area is 147 Å². The normalized spacial score (nSPS) is 26.8. The van der Waals surface area contributed by atoms with E-state index in [2.05, 4.69) is 15.2 Å². The molecule has 9 nitrogen and oxygen atoms in total. The summed E-state index contributed by atoms with van der Waals surface area (Å²) in [4.78, 5) is 46.3. The average molecular weight is 351 g/mol. The zero-order chi connectivity index (χ0) is 18.0. The number of likely N-dealkylation sites (tertiary alicyclic amines) is 1. The summed E-state index contributed by atoms with van der Waals surface area (Å²) in [5.74, 6) is -0.217. The standard InChI is InChI=1S/C16H25N5O4/c1-3-25-11(22)10-21-12-13(19(2)16(24)18-14(12)23)17-15(21)20-8-6-4-5-7-9-20/h12-13H,3-10H2,1-2H3,(H,18,23,24). The number of hydrogen-bond acceptors (Lipinski definition) is 7. The summed E-state index contributed by atoms with van der Waals surface area (Å²) in [7, 11) is 1.61. The van der Waals surface area contributed by atoms with Crippen LogP contribution in [0.1, 0.15) is 32.6 Å². The van der Waals surface area contributed by atoms with Crippen molar-refractivity contribution in [2.45, 2.75) is 44.8 Å². The van der Waals surface area contributed by atoms with Crippen molar-refractivity contribution in [3.05, 3.63) is 0 Å². The first-order valence-corrected chi connectivity index (χ1v) is 8.85. The lowest BCUT2D eigenvalue weighted by Crippen LogP contribution is -2.64. The van der Waals surface area contributed by atoms with Crippen molar-refractivity contribution < 1.29 is 19.1 Å². The number of imide groups is 1. The summed E-state index contributed by atoms with van der Waals surface area (Å²) in [6.45, 7) is 3.63. The molecule has 2 saturated heterocycles. The topological polar surface area (TPSA) is 94.5 Å². The van der Waals surface area contributed by atoms with E-state index in [0.29, 0.717) is 5.96 Å².